The molecule has 78 valence electrons. The monoisotopic (exact) mass is 240 g/mol. The molecule has 4 heteroatoms. The van der Waals surface area contributed by atoms with Crippen molar-refractivity contribution in [3.8, 4) is 10.4 Å². The third kappa shape index (κ3) is 2.58. The summed E-state index contributed by atoms with van der Waals surface area (Å²) in [6, 6.07) is 13.2. The Bertz CT molecular complexity index is 451. The van der Waals surface area contributed by atoms with Crippen molar-refractivity contribution < 1.29 is 9.90 Å². The van der Waals surface area contributed by atoms with Crippen molar-refractivity contribution in [2.45, 2.75) is 0 Å². The van der Waals surface area contributed by atoms with E-state index in [0.29, 0.717) is 4.88 Å². The molecule has 0 aliphatic carbocycles. The van der Waals surface area contributed by atoms with Crippen LogP contribution in [0.25, 0.3) is 10.4 Å². The van der Waals surface area contributed by atoms with E-state index in [1.807, 2.05) is 36.4 Å². The van der Waals surface area contributed by atoms with Gasteiger partial charge in [-0.2, -0.15) is 0 Å². The Morgan fingerprint density at radius 1 is 1.07 bits per heavy atom. The van der Waals surface area contributed by atoms with Crippen LogP contribution in [-0.2, 0) is 0 Å². The van der Waals surface area contributed by atoms with Crippen LogP contribution >= 0.6 is 23.7 Å². The van der Waals surface area contributed by atoms with Gasteiger partial charge in [-0.05, 0) is 17.7 Å². The van der Waals surface area contributed by atoms with Gasteiger partial charge < -0.3 is 5.11 Å². The van der Waals surface area contributed by atoms with Crippen molar-refractivity contribution in [1.82, 2.24) is 0 Å². The maximum absolute atomic E-state index is 10.7. The van der Waals surface area contributed by atoms with Crippen LogP contribution in [0.5, 0.6) is 0 Å². The van der Waals surface area contributed by atoms with Crippen LogP contribution in [0.4, 0.5) is 0 Å². The fraction of sp³-hybridized carbons (Fsp3) is 0. The minimum Gasteiger partial charge on any atom is -0.477 e. The molecule has 0 aliphatic heterocycles. The van der Waals surface area contributed by atoms with E-state index in [0.717, 1.165) is 10.4 Å². The van der Waals surface area contributed by atoms with Crippen molar-refractivity contribution in [2.75, 3.05) is 0 Å². The van der Waals surface area contributed by atoms with E-state index in [1.54, 1.807) is 6.07 Å². The molecule has 0 spiro atoms. The summed E-state index contributed by atoms with van der Waals surface area (Å²) in [6.07, 6.45) is 0. The van der Waals surface area contributed by atoms with Crippen LogP contribution in [0.3, 0.4) is 0 Å². The van der Waals surface area contributed by atoms with Gasteiger partial charge in [0.15, 0.2) is 0 Å². The molecule has 15 heavy (non-hydrogen) atoms. The standard InChI is InChI=1S/C11H8O2S.ClH/c12-11(13)10-7-6-9(14-10)8-4-2-1-3-5-8;/h1-7H,(H,12,13);1H. The summed E-state index contributed by atoms with van der Waals surface area (Å²) in [4.78, 5) is 12.0. The molecule has 0 amide bonds. The third-order valence-electron chi connectivity index (χ3n) is 1.88. The van der Waals surface area contributed by atoms with Gasteiger partial charge in [-0.3, -0.25) is 0 Å². The van der Waals surface area contributed by atoms with Crippen molar-refractivity contribution in [2.24, 2.45) is 0 Å². The van der Waals surface area contributed by atoms with Gasteiger partial charge >= 0.3 is 5.97 Å². The van der Waals surface area contributed by atoms with Crippen molar-refractivity contribution in [1.29, 1.82) is 0 Å². The molecular weight excluding hydrogens is 232 g/mol. The smallest absolute Gasteiger partial charge is 0.345 e. The van der Waals surface area contributed by atoms with Crippen LogP contribution in [0, 0.1) is 0 Å². The number of thiophene rings is 1. The Morgan fingerprint density at radius 2 is 1.73 bits per heavy atom. The molecule has 1 N–H and O–H groups in total. The number of carboxylic acid groups (broad SMARTS) is 1. The van der Waals surface area contributed by atoms with Gasteiger partial charge in [0, 0.05) is 4.88 Å². The molecule has 0 bridgehead atoms. The van der Waals surface area contributed by atoms with Crippen LogP contribution in [-0.4, -0.2) is 11.1 Å². The van der Waals surface area contributed by atoms with E-state index >= 15 is 0 Å². The Balaban J connectivity index is 0.00000112. The van der Waals surface area contributed by atoms with Crippen molar-refractivity contribution in [3.63, 3.8) is 0 Å². The van der Waals surface area contributed by atoms with Crippen LogP contribution in [0.2, 0.25) is 0 Å². The topological polar surface area (TPSA) is 37.3 Å². The molecule has 0 saturated carbocycles. The minimum atomic E-state index is -0.864. The molecule has 2 aromatic rings. The highest BCUT2D eigenvalue weighted by Crippen LogP contribution is 2.27. The van der Waals surface area contributed by atoms with Crippen LogP contribution in [0.1, 0.15) is 9.67 Å². The quantitative estimate of drug-likeness (QED) is 0.872. The summed E-state index contributed by atoms with van der Waals surface area (Å²) in [7, 11) is 0. The zero-order chi connectivity index (χ0) is 9.97. The number of hydrogen-bond donors (Lipinski definition) is 1. The van der Waals surface area contributed by atoms with E-state index in [4.69, 9.17) is 5.11 Å². The Hall–Kier alpha value is -1.32. The molecule has 0 fully saturated rings. The van der Waals surface area contributed by atoms with Gasteiger partial charge in [0.1, 0.15) is 4.88 Å². The zero-order valence-electron chi connectivity index (χ0n) is 7.71. The summed E-state index contributed by atoms with van der Waals surface area (Å²) in [6.45, 7) is 0. The Labute approximate surface area is 97.6 Å². The minimum absolute atomic E-state index is 0. The fourth-order valence-corrected chi connectivity index (χ4v) is 2.06. The SMILES string of the molecule is Cl.O=C(O)c1ccc(-c2ccccc2)s1. The molecule has 0 saturated heterocycles. The molecule has 0 radical (unpaired) electrons. The van der Waals surface area contributed by atoms with E-state index in [1.165, 1.54) is 11.3 Å². The van der Waals surface area contributed by atoms with E-state index in [2.05, 4.69) is 0 Å². The molecule has 1 aromatic heterocycles. The number of aromatic carboxylic acids is 1. The lowest BCUT2D eigenvalue weighted by Gasteiger charge is -1.93. The zero-order valence-corrected chi connectivity index (χ0v) is 9.35. The predicted molar refractivity (Wildman–Crippen MR) is 64.0 cm³/mol. The van der Waals surface area contributed by atoms with Crippen molar-refractivity contribution in [3.05, 3.63) is 47.3 Å². The number of benzene rings is 1. The van der Waals surface area contributed by atoms with E-state index < -0.39 is 5.97 Å². The molecule has 0 aliphatic rings. The molecule has 2 nitrogen and oxygen atoms in total. The maximum atomic E-state index is 10.7. The van der Waals surface area contributed by atoms with Gasteiger partial charge in [-0.1, -0.05) is 30.3 Å². The first-order valence-corrected chi connectivity index (χ1v) is 4.97. The second-order valence-corrected chi connectivity index (χ2v) is 3.92. The maximum Gasteiger partial charge on any atom is 0.345 e. The van der Waals surface area contributed by atoms with Gasteiger partial charge in [0.05, 0.1) is 0 Å². The molecular formula is C11H9ClO2S. The fourth-order valence-electron chi connectivity index (χ4n) is 1.21. The number of halogens is 1. The lowest BCUT2D eigenvalue weighted by molar-refractivity contribution is 0.0702. The average Bonchev–Trinajstić information content (AvgIpc) is 2.68. The summed E-state index contributed by atoms with van der Waals surface area (Å²) in [5.74, 6) is -0.864. The number of carboxylic acids is 1. The largest absolute Gasteiger partial charge is 0.477 e. The molecule has 0 atom stereocenters. The third-order valence-corrected chi connectivity index (χ3v) is 3.00. The van der Waals surface area contributed by atoms with Crippen LogP contribution < -0.4 is 0 Å². The molecule has 1 heterocycles. The summed E-state index contributed by atoms with van der Waals surface area (Å²) < 4.78 is 0. The van der Waals surface area contributed by atoms with Gasteiger partial charge in [0.25, 0.3) is 0 Å². The van der Waals surface area contributed by atoms with Gasteiger partial charge in [0.2, 0.25) is 0 Å². The average molecular weight is 241 g/mol. The lowest BCUT2D eigenvalue weighted by Crippen LogP contribution is -1.89. The lowest BCUT2D eigenvalue weighted by atomic mass is 10.2. The highest BCUT2D eigenvalue weighted by Gasteiger charge is 2.07. The highest BCUT2D eigenvalue weighted by molar-refractivity contribution is 7.17. The second-order valence-electron chi connectivity index (χ2n) is 2.84. The van der Waals surface area contributed by atoms with Crippen LogP contribution in [0.15, 0.2) is 42.5 Å². The summed E-state index contributed by atoms with van der Waals surface area (Å²) in [5, 5.41) is 8.76. The second kappa shape index (κ2) is 4.96. The van der Waals surface area contributed by atoms with E-state index in [-0.39, 0.29) is 12.4 Å². The number of hydrogen-bond acceptors (Lipinski definition) is 2. The molecule has 1 aromatic carbocycles. The first kappa shape index (κ1) is 11.8. The van der Waals surface area contributed by atoms with Gasteiger partial charge in [-0.15, -0.1) is 23.7 Å². The van der Waals surface area contributed by atoms with E-state index in [9.17, 15) is 4.79 Å². The predicted octanol–water partition coefficient (Wildman–Crippen LogP) is 3.54. The molecule has 0 unspecified atom stereocenters. The normalized spacial score (nSPS) is 9.33. The number of carbonyl (C=O) groups is 1. The number of rotatable bonds is 2. The summed E-state index contributed by atoms with van der Waals surface area (Å²) in [5.41, 5.74) is 1.06. The Kier molecular flexibility index (Phi) is 3.88. The first-order valence-electron chi connectivity index (χ1n) is 4.16. The highest BCUT2D eigenvalue weighted by atomic mass is 35.5. The summed E-state index contributed by atoms with van der Waals surface area (Å²) >= 11 is 1.29. The Morgan fingerprint density at radius 3 is 2.27 bits per heavy atom. The molecule has 2 rings (SSSR count). The first-order chi connectivity index (χ1) is 6.77. The van der Waals surface area contributed by atoms with Gasteiger partial charge in [-0.25, -0.2) is 4.79 Å². The van der Waals surface area contributed by atoms with Crippen molar-refractivity contribution >= 4 is 29.7 Å².